The smallest absolute Gasteiger partial charge is 0.349 e. The summed E-state index contributed by atoms with van der Waals surface area (Å²) in [6.45, 7) is 1.01. The summed E-state index contributed by atoms with van der Waals surface area (Å²) in [6.07, 6.45) is 0.916. The van der Waals surface area contributed by atoms with E-state index in [0.29, 0.717) is 37.0 Å². The number of aliphatic hydroxyl groups is 1. The molecule has 1 amide bonds. The normalized spacial score (nSPS) is 17.3. The van der Waals surface area contributed by atoms with Gasteiger partial charge in [0, 0.05) is 38.0 Å². The van der Waals surface area contributed by atoms with Crippen molar-refractivity contribution in [1.82, 2.24) is 5.32 Å². The first-order chi connectivity index (χ1) is 10.6. The van der Waals surface area contributed by atoms with Crippen molar-refractivity contribution in [2.24, 2.45) is 0 Å². The minimum atomic E-state index is -0.981. The average Bonchev–Trinajstić information content (AvgIpc) is 2.53. The molecule has 22 heavy (non-hydrogen) atoms. The summed E-state index contributed by atoms with van der Waals surface area (Å²) in [4.78, 5) is 24.1. The van der Waals surface area contributed by atoms with Crippen molar-refractivity contribution >= 4 is 16.9 Å². The summed E-state index contributed by atoms with van der Waals surface area (Å²) >= 11 is 0. The van der Waals surface area contributed by atoms with E-state index >= 15 is 0 Å². The number of ether oxygens (including phenoxy) is 1. The Balaban J connectivity index is 1.77. The zero-order valence-electron chi connectivity index (χ0n) is 12.0. The van der Waals surface area contributed by atoms with Crippen LogP contribution in [0.1, 0.15) is 23.2 Å². The molecular weight excluding hydrogens is 286 g/mol. The maximum Gasteiger partial charge on any atom is 0.349 e. The van der Waals surface area contributed by atoms with Gasteiger partial charge in [0.25, 0.3) is 5.91 Å². The molecule has 1 aliphatic rings. The maximum absolute atomic E-state index is 12.2. The summed E-state index contributed by atoms with van der Waals surface area (Å²) in [5, 5.41) is 13.6. The van der Waals surface area contributed by atoms with Crippen molar-refractivity contribution in [3.05, 3.63) is 46.3 Å². The molecule has 116 valence electrons. The highest BCUT2D eigenvalue weighted by molar-refractivity contribution is 5.96. The molecule has 2 N–H and O–H groups in total. The van der Waals surface area contributed by atoms with Gasteiger partial charge in [-0.2, -0.15) is 0 Å². The lowest BCUT2D eigenvalue weighted by Gasteiger charge is -2.31. The van der Waals surface area contributed by atoms with Crippen molar-refractivity contribution in [1.29, 1.82) is 0 Å². The number of amides is 1. The van der Waals surface area contributed by atoms with Crippen LogP contribution in [0.5, 0.6) is 0 Å². The molecular formula is C16H17NO5. The molecule has 0 radical (unpaired) electrons. The zero-order valence-corrected chi connectivity index (χ0v) is 12.0. The Labute approximate surface area is 126 Å². The van der Waals surface area contributed by atoms with E-state index in [1.807, 2.05) is 0 Å². The first-order valence-electron chi connectivity index (χ1n) is 7.19. The number of para-hydroxylation sites is 1. The molecule has 2 aromatic rings. The van der Waals surface area contributed by atoms with Gasteiger partial charge in [-0.05, 0) is 12.1 Å². The van der Waals surface area contributed by atoms with Crippen LogP contribution >= 0.6 is 0 Å². The predicted octanol–water partition coefficient (Wildman–Crippen LogP) is 1.06. The Kier molecular flexibility index (Phi) is 3.96. The number of nitrogens with one attached hydrogen (secondary N) is 1. The first-order valence-corrected chi connectivity index (χ1v) is 7.19. The van der Waals surface area contributed by atoms with Crippen molar-refractivity contribution in [3.63, 3.8) is 0 Å². The molecule has 1 fully saturated rings. The van der Waals surface area contributed by atoms with E-state index in [1.165, 1.54) is 6.07 Å². The number of hydrogen-bond acceptors (Lipinski definition) is 5. The SMILES string of the molecule is O=C(NCC1(O)CCOCC1)c1cc2ccccc2oc1=O. The van der Waals surface area contributed by atoms with Crippen LogP contribution in [0, 0.1) is 0 Å². The molecule has 1 saturated heterocycles. The summed E-state index contributed by atoms with van der Waals surface area (Å²) in [6, 6.07) is 8.50. The average molecular weight is 303 g/mol. The fourth-order valence-electron chi connectivity index (χ4n) is 2.49. The number of hydrogen-bond donors (Lipinski definition) is 2. The van der Waals surface area contributed by atoms with Crippen LogP contribution in [0.2, 0.25) is 0 Å². The first kappa shape index (κ1) is 14.7. The molecule has 6 heteroatoms. The molecule has 1 aliphatic heterocycles. The van der Waals surface area contributed by atoms with Gasteiger partial charge in [-0.3, -0.25) is 4.79 Å². The Bertz CT molecular complexity index is 746. The van der Waals surface area contributed by atoms with E-state index in [1.54, 1.807) is 24.3 Å². The molecule has 2 heterocycles. The second kappa shape index (κ2) is 5.90. The molecule has 0 atom stereocenters. The lowest BCUT2D eigenvalue weighted by atomic mass is 9.94. The molecule has 0 bridgehead atoms. The van der Waals surface area contributed by atoms with Gasteiger partial charge in [-0.15, -0.1) is 0 Å². The van der Waals surface area contributed by atoms with Crippen molar-refractivity contribution in [3.8, 4) is 0 Å². The second-order valence-electron chi connectivity index (χ2n) is 5.50. The monoisotopic (exact) mass is 303 g/mol. The highest BCUT2D eigenvalue weighted by atomic mass is 16.5. The fourth-order valence-corrected chi connectivity index (χ4v) is 2.49. The van der Waals surface area contributed by atoms with Gasteiger partial charge >= 0.3 is 5.63 Å². The van der Waals surface area contributed by atoms with E-state index in [9.17, 15) is 14.7 Å². The summed E-state index contributed by atoms with van der Waals surface area (Å²) in [5.41, 5.74) is -1.29. The van der Waals surface area contributed by atoms with Crippen LogP contribution in [-0.4, -0.2) is 36.4 Å². The van der Waals surface area contributed by atoms with Crippen LogP contribution in [0.15, 0.2) is 39.5 Å². The molecule has 1 aromatic carbocycles. The highest BCUT2D eigenvalue weighted by Crippen LogP contribution is 2.19. The topological polar surface area (TPSA) is 88.8 Å². The van der Waals surface area contributed by atoms with Crippen LogP contribution in [0.4, 0.5) is 0 Å². The molecule has 1 aromatic heterocycles. The number of benzene rings is 1. The second-order valence-corrected chi connectivity index (χ2v) is 5.50. The fraction of sp³-hybridized carbons (Fsp3) is 0.375. The lowest BCUT2D eigenvalue weighted by Crippen LogP contribution is -2.47. The minimum absolute atomic E-state index is 0.0608. The number of fused-ring (bicyclic) bond motifs is 1. The quantitative estimate of drug-likeness (QED) is 0.828. The number of rotatable bonds is 3. The number of carbonyl (C=O) groups is 1. The van der Waals surface area contributed by atoms with Gasteiger partial charge in [0.15, 0.2) is 0 Å². The third-order valence-electron chi connectivity index (χ3n) is 3.89. The van der Waals surface area contributed by atoms with Crippen molar-refractivity contribution in [2.75, 3.05) is 19.8 Å². The van der Waals surface area contributed by atoms with E-state index in [2.05, 4.69) is 5.32 Å². The zero-order chi connectivity index (χ0) is 15.6. The van der Waals surface area contributed by atoms with Gasteiger partial charge < -0.3 is 19.6 Å². The Hall–Kier alpha value is -2.18. The number of carbonyl (C=O) groups excluding carboxylic acids is 1. The van der Waals surface area contributed by atoms with Gasteiger partial charge in [0.05, 0.1) is 5.60 Å². The largest absolute Gasteiger partial charge is 0.422 e. The van der Waals surface area contributed by atoms with Crippen molar-refractivity contribution in [2.45, 2.75) is 18.4 Å². The third kappa shape index (κ3) is 3.03. The van der Waals surface area contributed by atoms with E-state index in [-0.39, 0.29) is 12.1 Å². The van der Waals surface area contributed by atoms with Crippen LogP contribution in [0.3, 0.4) is 0 Å². The van der Waals surface area contributed by atoms with Crippen LogP contribution in [0.25, 0.3) is 11.0 Å². The summed E-state index contributed by atoms with van der Waals surface area (Å²) < 4.78 is 10.3. The molecule has 0 spiro atoms. The van der Waals surface area contributed by atoms with E-state index in [0.717, 1.165) is 0 Å². The Morgan fingerprint density at radius 1 is 1.27 bits per heavy atom. The van der Waals surface area contributed by atoms with E-state index in [4.69, 9.17) is 9.15 Å². The molecule has 3 rings (SSSR count). The summed E-state index contributed by atoms with van der Waals surface area (Å²) in [5.74, 6) is -0.542. The van der Waals surface area contributed by atoms with Gasteiger partial charge in [0.2, 0.25) is 0 Å². The summed E-state index contributed by atoms with van der Waals surface area (Å²) in [7, 11) is 0. The third-order valence-corrected chi connectivity index (χ3v) is 3.89. The predicted molar refractivity (Wildman–Crippen MR) is 79.8 cm³/mol. The lowest BCUT2D eigenvalue weighted by molar-refractivity contribution is -0.0605. The van der Waals surface area contributed by atoms with Gasteiger partial charge in [0.1, 0.15) is 11.1 Å². The highest BCUT2D eigenvalue weighted by Gasteiger charge is 2.30. The Morgan fingerprint density at radius 2 is 2.00 bits per heavy atom. The Morgan fingerprint density at radius 3 is 2.77 bits per heavy atom. The van der Waals surface area contributed by atoms with Crippen LogP contribution < -0.4 is 10.9 Å². The minimum Gasteiger partial charge on any atom is -0.422 e. The standard InChI is InChI=1S/C16H17NO5/c18-14(17-10-16(20)5-7-21-8-6-16)12-9-11-3-1-2-4-13(11)22-15(12)19/h1-4,9,20H,5-8,10H2,(H,17,18). The van der Waals surface area contributed by atoms with E-state index < -0.39 is 17.1 Å². The van der Waals surface area contributed by atoms with Gasteiger partial charge in [-0.1, -0.05) is 18.2 Å². The maximum atomic E-state index is 12.2. The van der Waals surface area contributed by atoms with Crippen LogP contribution in [-0.2, 0) is 4.74 Å². The molecule has 6 nitrogen and oxygen atoms in total. The van der Waals surface area contributed by atoms with Gasteiger partial charge in [-0.25, -0.2) is 4.79 Å². The molecule has 0 unspecified atom stereocenters. The molecule has 0 saturated carbocycles. The van der Waals surface area contributed by atoms with Crippen molar-refractivity contribution < 1.29 is 19.1 Å². The molecule has 0 aliphatic carbocycles.